The molecule has 0 amide bonds. The van der Waals surface area contributed by atoms with Gasteiger partial charge in [-0.3, -0.25) is 0 Å². The number of hydrogen-bond donors (Lipinski definition) is 1. The van der Waals surface area contributed by atoms with Crippen molar-refractivity contribution in [3.05, 3.63) is 45.9 Å². The number of imidazole rings is 1. The van der Waals surface area contributed by atoms with Crippen LogP contribution in [0.15, 0.2) is 35.2 Å². The Morgan fingerprint density at radius 3 is 3.00 bits per heavy atom. The summed E-state index contributed by atoms with van der Waals surface area (Å²) in [6, 6.07) is 5.70. The van der Waals surface area contributed by atoms with Crippen molar-refractivity contribution in [2.75, 3.05) is 0 Å². The molecule has 0 aliphatic carbocycles. The van der Waals surface area contributed by atoms with Crippen LogP contribution in [0.4, 0.5) is 0 Å². The van der Waals surface area contributed by atoms with Gasteiger partial charge in [0.15, 0.2) is 0 Å². The summed E-state index contributed by atoms with van der Waals surface area (Å²) in [5.41, 5.74) is 7.99. The van der Waals surface area contributed by atoms with Gasteiger partial charge in [0, 0.05) is 6.04 Å². The first-order chi connectivity index (χ1) is 8.15. The predicted octanol–water partition coefficient (Wildman–Crippen LogP) is 3.70. The number of nitrogens with zero attached hydrogens (tertiary/aromatic N) is 2. The highest BCUT2D eigenvalue weighted by molar-refractivity contribution is 9.10. The van der Waals surface area contributed by atoms with E-state index in [2.05, 4.69) is 27.8 Å². The molecular formula is C12H13BrClN3. The lowest BCUT2D eigenvalue weighted by Crippen LogP contribution is -2.13. The molecule has 5 heteroatoms. The molecule has 2 aromatic rings. The van der Waals surface area contributed by atoms with Crippen molar-refractivity contribution < 1.29 is 0 Å². The van der Waals surface area contributed by atoms with Gasteiger partial charge in [-0.1, -0.05) is 24.6 Å². The van der Waals surface area contributed by atoms with Crippen LogP contribution in [-0.4, -0.2) is 9.55 Å². The van der Waals surface area contributed by atoms with Crippen LogP contribution in [0.1, 0.15) is 25.1 Å². The molecule has 0 aliphatic heterocycles. The molecule has 1 aromatic carbocycles. The second-order valence-electron chi connectivity index (χ2n) is 3.78. The molecule has 90 valence electrons. The zero-order chi connectivity index (χ0) is 12.4. The molecule has 0 saturated heterocycles. The summed E-state index contributed by atoms with van der Waals surface area (Å²) in [5, 5.41) is 0.673. The van der Waals surface area contributed by atoms with E-state index in [-0.39, 0.29) is 6.04 Å². The monoisotopic (exact) mass is 313 g/mol. The summed E-state index contributed by atoms with van der Waals surface area (Å²) < 4.78 is 2.81. The number of rotatable bonds is 3. The molecule has 2 rings (SSSR count). The maximum absolute atomic E-state index is 6.08. The molecule has 0 radical (unpaired) electrons. The van der Waals surface area contributed by atoms with Crippen LogP contribution in [0, 0.1) is 0 Å². The van der Waals surface area contributed by atoms with Crippen molar-refractivity contribution in [1.29, 1.82) is 0 Å². The SMILES string of the molecule is CC[C@@H](N)c1cncn1-c1cccc(Cl)c1Br. The lowest BCUT2D eigenvalue weighted by Gasteiger charge is -2.14. The number of aromatic nitrogens is 2. The van der Waals surface area contributed by atoms with Crippen molar-refractivity contribution in [3.8, 4) is 5.69 Å². The molecule has 17 heavy (non-hydrogen) atoms. The second-order valence-corrected chi connectivity index (χ2v) is 4.98. The van der Waals surface area contributed by atoms with E-state index in [1.807, 2.05) is 22.8 Å². The Hall–Kier alpha value is -0.840. The fraction of sp³-hybridized carbons (Fsp3) is 0.250. The molecule has 0 fully saturated rings. The van der Waals surface area contributed by atoms with Gasteiger partial charge in [-0.25, -0.2) is 4.98 Å². The standard InChI is InChI=1S/C12H13BrClN3/c1-2-9(15)11-6-16-7-17(11)10-5-3-4-8(14)12(10)13/h3-7,9H,2,15H2,1H3/t9-/m1/s1. The van der Waals surface area contributed by atoms with Crippen molar-refractivity contribution in [3.63, 3.8) is 0 Å². The van der Waals surface area contributed by atoms with Gasteiger partial charge in [-0.2, -0.15) is 0 Å². The maximum Gasteiger partial charge on any atom is 0.0995 e. The Morgan fingerprint density at radius 1 is 1.53 bits per heavy atom. The molecule has 3 nitrogen and oxygen atoms in total. The normalized spacial score (nSPS) is 12.7. The average molecular weight is 315 g/mol. The topological polar surface area (TPSA) is 43.8 Å². The fourth-order valence-electron chi connectivity index (χ4n) is 1.67. The van der Waals surface area contributed by atoms with Crippen molar-refractivity contribution in [2.24, 2.45) is 5.73 Å². The highest BCUT2D eigenvalue weighted by Crippen LogP contribution is 2.30. The van der Waals surface area contributed by atoms with Crippen LogP contribution >= 0.6 is 27.5 Å². The third kappa shape index (κ3) is 2.39. The van der Waals surface area contributed by atoms with E-state index in [0.717, 1.165) is 22.3 Å². The minimum absolute atomic E-state index is 0.0246. The Morgan fingerprint density at radius 2 is 2.29 bits per heavy atom. The minimum Gasteiger partial charge on any atom is -0.323 e. The van der Waals surface area contributed by atoms with Gasteiger partial charge < -0.3 is 10.3 Å². The summed E-state index contributed by atoms with van der Waals surface area (Å²) in [5.74, 6) is 0. The zero-order valence-corrected chi connectivity index (χ0v) is 11.7. The summed E-state index contributed by atoms with van der Waals surface area (Å²) >= 11 is 9.57. The zero-order valence-electron chi connectivity index (χ0n) is 9.40. The van der Waals surface area contributed by atoms with E-state index in [0.29, 0.717) is 5.02 Å². The predicted molar refractivity (Wildman–Crippen MR) is 73.5 cm³/mol. The minimum atomic E-state index is -0.0246. The van der Waals surface area contributed by atoms with Crippen LogP contribution in [0.2, 0.25) is 5.02 Å². The first kappa shape index (κ1) is 12.6. The van der Waals surface area contributed by atoms with E-state index in [9.17, 15) is 0 Å². The van der Waals surface area contributed by atoms with Gasteiger partial charge in [0.1, 0.15) is 0 Å². The van der Waals surface area contributed by atoms with Gasteiger partial charge in [-0.05, 0) is 34.5 Å². The lowest BCUT2D eigenvalue weighted by atomic mass is 10.2. The van der Waals surface area contributed by atoms with Crippen molar-refractivity contribution >= 4 is 27.5 Å². The summed E-state index contributed by atoms with van der Waals surface area (Å²) in [7, 11) is 0. The van der Waals surface area contributed by atoms with Crippen molar-refractivity contribution in [1.82, 2.24) is 9.55 Å². The molecule has 1 aromatic heterocycles. The molecule has 2 N–H and O–H groups in total. The van der Waals surface area contributed by atoms with Crippen molar-refractivity contribution in [2.45, 2.75) is 19.4 Å². The van der Waals surface area contributed by atoms with E-state index < -0.39 is 0 Å². The molecule has 0 spiro atoms. The molecule has 1 atom stereocenters. The van der Waals surface area contributed by atoms with Gasteiger partial charge in [0.05, 0.1) is 33.4 Å². The molecule has 0 saturated carbocycles. The lowest BCUT2D eigenvalue weighted by molar-refractivity contribution is 0.659. The Bertz CT molecular complexity index is 524. The quantitative estimate of drug-likeness (QED) is 0.939. The Labute approximate surface area is 114 Å². The smallest absolute Gasteiger partial charge is 0.0995 e. The molecule has 0 bridgehead atoms. The largest absolute Gasteiger partial charge is 0.323 e. The first-order valence-electron chi connectivity index (χ1n) is 5.37. The van der Waals surface area contributed by atoms with E-state index in [1.54, 1.807) is 12.5 Å². The van der Waals surface area contributed by atoms with Crippen LogP contribution in [0.5, 0.6) is 0 Å². The van der Waals surface area contributed by atoms with E-state index in [1.165, 1.54) is 0 Å². The molecule has 1 heterocycles. The summed E-state index contributed by atoms with van der Waals surface area (Å²) in [6.45, 7) is 2.05. The van der Waals surface area contributed by atoms with Gasteiger partial charge in [0.25, 0.3) is 0 Å². The molecular weight excluding hydrogens is 302 g/mol. The number of hydrogen-bond acceptors (Lipinski definition) is 2. The van der Waals surface area contributed by atoms with Gasteiger partial charge >= 0.3 is 0 Å². The van der Waals surface area contributed by atoms with E-state index in [4.69, 9.17) is 17.3 Å². The van der Waals surface area contributed by atoms with Crippen LogP contribution in [0.3, 0.4) is 0 Å². The van der Waals surface area contributed by atoms with Gasteiger partial charge in [-0.15, -0.1) is 0 Å². The maximum atomic E-state index is 6.08. The fourth-order valence-corrected chi connectivity index (χ4v) is 2.29. The average Bonchev–Trinajstić information content (AvgIpc) is 2.80. The highest BCUT2D eigenvalue weighted by atomic mass is 79.9. The molecule has 0 unspecified atom stereocenters. The third-order valence-electron chi connectivity index (χ3n) is 2.68. The number of benzene rings is 1. The van der Waals surface area contributed by atoms with Crippen LogP contribution in [0.25, 0.3) is 5.69 Å². The Balaban J connectivity index is 2.54. The summed E-state index contributed by atoms with van der Waals surface area (Å²) in [4.78, 5) is 4.16. The van der Waals surface area contributed by atoms with Crippen LogP contribution in [-0.2, 0) is 0 Å². The van der Waals surface area contributed by atoms with E-state index >= 15 is 0 Å². The highest BCUT2D eigenvalue weighted by Gasteiger charge is 2.13. The van der Waals surface area contributed by atoms with Gasteiger partial charge in [0.2, 0.25) is 0 Å². The Kier molecular flexibility index (Phi) is 3.86. The molecule has 0 aliphatic rings. The first-order valence-corrected chi connectivity index (χ1v) is 6.54. The summed E-state index contributed by atoms with van der Waals surface area (Å²) in [6.07, 6.45) is 4.41. The number of halogens is 2. The third-order valence-corrected chi connectivity index (χ3v) is 4.05. The van der Waals surface area contributed by atoms with Crippen LogP contribution < -0.4 is 5.73 Å². The number of nitrogens with two attached hydrogens (primary N) is 1. The second kappa shape index (κ2) is 5.21.